The van der Waals surface area contributed by atoms with Crippen molar-refractivity contribution in [1.29, 1.82) is 0 Å². The Morgan fingerprint density at radius 3 is 2.32 bits per heavy atom. The highest BCUT2D eigenvalue weighted by Gasteiger charge is 2.22. The highest BCUT2D eigenvalue weighted by atomic mass is 19.1. The summed E-state index contributed by atoms with van der Waals surface area (Å²) in [7, 11) is 3.20. The molecule has 0 aliphatic heterocycles. The second-order valence-electron chi connectivity index (χ2n) is 9.17. The molecular formula is C32H41FN6O5. The second-order valence-corrected chi connectivity index (χ2v) is 9.17. The molecule has 0 saturated heterocycles. The Morgan fingerprint density at radius 2 is 1.70 bits per heavy atom. The first-order chi connectivity index (χ1) is 21.0. The predicted molar refractivity (Wildman–Crippen MR) is 170 cm³/mol. The molecule has 4 rings (SSSR count). The molecule has 0 radical (unpaired) electrons. The van der Waals surface area contributed by atoms with E-state index in [1.54, 1.807) is 49.8 Å². The standard InChI is InChI=1S/C28H29FN6O5.2C2H6/c1-17(36)16-33(3)28(39)32-24-15-21(12-13-30-24)40-23-11-10-19(14-22(23)29)31-26(37)25-18(2)34(4)35(27(25)38)20-8-6-5-7-9-20;2*1-2/h5-15,17,36H,16H2,1-4H3,(H,31,37)(H,30,32,39);2*1-2H3. The molecular weight excluding hydrogens is 567 g/mol. The second kappa shape index (κ2) is 16.6. The summed E-state index contributed by atoms with van der Waals surface area (Å²) < 4.78 is 23.5. The van der Waals surface area contributed by atoms with Crippen molar-refractivity contribution < 1.29 is 23.8 Å². The zero-order valence-corrected chi connectivity index (χ0v) is 26.4. The van der Waals surface area contributed by atoms with Crippen molar-refractivity contribution in [2.75, 3.05) is 24.2 Å². The molecule has 44 heavy (non-hydrogen) atoms. The van der Waals surface area contributed by atoms with Gasteiger partial charge < -0.3 is 20.1 Å². The molecule has 0 aliphatic carbocycles. The molecule has 1 atom stereocenters. The van der Waals surface area contributed by atoms with Crippen LogP contribution in [-0.2, 0) is 7.05 Å². The minimum Gasteiger partial charge on any atom is -0.454 e. The van der Waals surface area contributed by atoms with Crippen LogP contribution in [0.1, 0.15) is 50.7 Å². The minimum atomic E-state index is -0.761. The molecule has 0 spiro atoms. The number of carbonyl (C=O) groups is 2. The Hall–Kier alpha value is -4.97. The Balaban J connectivity index is 0.00000162. The molecule has 4 aromatic rings. The van der Waals surface area contributed by atoms with E-state index >= 15 is 0 Å². The topological polar surface area (TPSA) is 131 Å². The number of rotatable bonds is 8. The van der Waals surface area contributed by atoms with E-state index in [1.807, 2.05) is 33.8 Å². The van der Waals surface area contributed by atoms with Gasteiger partial charge in [0.1, 0.15) is 17.1 Å². The Morgan fingerprint density at radius 1 is 1.05 bits per heavy atom. The average Bonchev–Trinajstić information content (AvgIpc) is 3.23. The third-order valence-corrected chi connectivity index (χ3v) is 6.05. The van der Waals surface area contributed by atoms with Gasteiger partial charge >= 0.3 is 6.03 Å². The summed E-state index contributed by atoms with van der Waals surface area (Å²) in [5, 5.41) is 14.6. The van der Waals surface area contributed by atoms with Gasteiger partial charge in [0.15, 0.2) is 11.6 Å². The number of likely N-dealkylation sites (N-methyl/N-ethyl adjacent to an activating group) is 1. The van der Waals surface area contributed by atoms with Crippen molar-refractivity contribution in [1.82, 2.24) is 19.2 Å². The fraction of sp³-hybridized carbons (Fsp3) is 0.312. The molecule has 2 heterocycles. The number of carbonyl (C=O) groups excluding carboxylic acids is 2. The number of nitrogens with zero attached hydrogens (tertiary/aromatic N) is 4. The van der Waals surface area contributed by atoms with E-state index in [0.717, 1.165) is 6.07 Å². The maximum absolute atomic E-state index is 14.9. The third kappa shape index (κ3) is 8.77. The lowest BCUT2D eigenvalue weighted by atomic mass is 10.2. The highest BCUT2D eigenvalue weighted by molar-refractivity contribution is 6.05. The summed E-state index contributed by atoms with van der Waals surface area (Å²) in [4.78, 5) is 43.7. The van der Waals surface area contributed by atoms with Gasteiger partial charge in [-0.05, 0) is 44.2 Å². The Labute approximate surface area is 256 Å². The number of urea groups is 1. The highest BCUT2D eigenvalue weighted by Crippen LogP contribution is 2.28. The van der Waals surface area contributed by atoms with Gasteiger partial charge in [0.2, 0.25) is 0 Å². The summed E-state index contributed by atoms with van der Waals surface area (Å²) >= 11 is 0. The first kappa shape index (κ1) is 35.2. The lowest BCUT2D eigenvalue weighted by Crippen LogP contribution is -2.36. The van der Waals surface area contributed by atoms with Crippen LogP contribution in [0.2, 0.25) is 0 Å². The number of nitrogens with one attached hydrogen (secondary N) is 2. The van der Waals surface area contributed by atoms with Crippen LogP contribution in [0.25, 0.3) is 5.69 Å². The zero-order chi connectivity index (χ0) is 33.0. The number of ether oxygens (including phenoxy) is 1. The molecule has 0 fully saturated rings. The fourth-order valence-electron chi connectivity index (χ4n) is 4.04. The minimum absolute atomic E-state index is 0.0578. The molecule has 2 aromatic carbocycles. The van der Waals surface area contributed by atoms with Crippen LogP contribution in [0, 0.1) is 12.7 Å². The van der Waals surface area contributed by atoms with Gasteiger partial charge in [-0.1, -0.05) is 45.9 Å². The molecule has 0 bridgehead atoms. The summed E-state index contributed by atoms with van der Waals surface area (Å²) in [5.41, 5.74) is 0.631. The number of halogens is 1. The zero-order valence-electron chi connectivity index (χ0n) is 26.4. The van der Waals surface area contributed by atoms with Crippen LogP contribution in [0.5, 0.6) is 11.5 Å². The van der Waals surface area contributed by atoms with Crippen LogP contribution in [0.4, 0.5) is 20.7 Å². The molecule has 12 heteroatoms. The van der Waals surface area contributed by atoms with E-state index < -0.39 is 29.4 Å². The van der Waals surface area contributed by atoms with Crippen molar-refractivity contribution >= 4 is 23.4 Å². The fourth-order valence-corrected chi connectivity index (χ4v) is 4.04. The van der Waals surface area contributed by atoms with E-state index in [4.69, 9.17) is 4.74 Å². The number of aromatic nitrogens is 3. The SMILES string of the molecule is CC.CC.Cc1c(C(=O)Nc2ccc(Oc3ccnc(NC(=O)N(C)CC(C)O)c3)c(F)c2)c(=O)n(-c2ccccc2)n1C. The van der Waals surface area contributed by atoms with Gasteiger partial charge in [-0.15, -0.1) is 0 Å². The van der Waals surface area contributed by atoms with Gasteiger partial charge in [-0.2, -0.15) is 0 Å². The molecule has 236 valence electrons. The smallest absolute Gasteiger partial charge is 0.322 e. The van der Waals surface area contributed by atoms with Gasteiger partial charge in [0.25, 0.3) is 11.5 Å². The van der Waals surface area contributed by atoms with Crippen LogP contribution in [-0.4, -0.2) is 56.0 Å². The largest absolute Gasteiger partial charge is 0.454 e. The Bertz CT molecular complexity index is 1600. The van der Waals surface area contributed by atoms with Crippen LogP contribution < -0.4 is 20.9 Å². The molecule has 11 nitrogen and oxygen atoms in total. The summed E-state index contributed by atoms with van der Waals surface area (Å²) in [6, 6.07) is 15.2. The normalized spacial score (nSPS) is 10.8. The van der Waals surface area contributed by atoms with E-state index in [0.29, 0.717) is 11.4 Å². The van der Waals surface area contributed by atoms with E-state index in [2.05, 4.69) is 15.6 Å². The van der Waals surface area contributed by atoms with Gasteiger partial charge in [0.05, 0.1) is 17.5 Å². The van der Waals surface area contributed by atoms with Gasteiger partial charge in [0, 0.05) is 44.7 Å². The molecule has 0 saturated carbocycles. The van der Waals surface area contributed by atoms with E-state index in [1.165, 1.54) is 47.1 Å². The lowest BCUT2D eigenvalue weighted by molar-refractivity contribution is 0.102. The molecule has 2 aromatic heterocycles. The number of pyridine rings is 1. The maximum atomic E-state index is 14.9. The molecule has 0 aliphatic rings. The van der Waals surface area contributed by atoms with Crippen molar-refractivity contribution in [2.24, 2.45) is 7.05 Å². The van der Waals surface area contributed by atoms with Gasteiger partial charge in [-0.3, -0.25) is 19.6 Å². The van der Waals surface area contributed by atoms with Crippen LogP contribution in [0.15, 0.2) is 71.7 Å². The third-order valence-electron chi connectivity index (χ3n) is 6.05. The number of aliphatic hydroxyl groups excluding tert-OH is 1. The number of aliphatic hydroxyl groups is 1. The monoisotopic (exact) mass is 608 g/mol. The first-order valence-electron chi connectivity index (χ1n) is 14.3. The number of hydrogen-bond donors (Lipinski definition) is 3. The first-order valence-corrected chi connectivity index (χ1v) is 14.3. The summed E-state index contributed by atoms with van der Waals surface area (Å²) in [6.45, 7) is 11.3. The van der Waals surface area contributed by atoms with Gasteiger partial charge in [-0.25, -0.2) is 18.9 Å². The number of anilines is 2. The van der Waals surface area contributed by atoms with E-state index in [-0.39, 0.29) is 35.1 Å². The Kier molecular flexibility index (Phi) is 13.3. The summed E-state index contributed by atoms with van der Waals surface area (Å²) in [6.07, 6.45) is 0.690. The maximum Gasteiger partial charge on any atom is 0.322 e. The number of benzene rings is 2. The predicted octanol–water partition coefficient (Wildman–Crippen LogP) is 5.96. The van der Waals surface area contributed by atoms with Crippen molar-refractivity contribution in [3.8, 4) is 17.2 Å². The quantitative estimate of drug-likeness (QED) is 0.226. The average molecular weight is 609 g/mol. The number of para-hydroxylation sites is 1. The van der Waals surface area contributed by atoms with Crippen molar-refractivity contribution in [2.45, 2.75) is 47.6 Å². The molecule has 3 N–H and O–H groups in total. The number of amides is 3. The lowest BCUT2D eigenvalue weighted by Gasteiger charge is -2.19. The summed E-state index contributed by atoms with van der Waals surface area (Å²) in [5.74, 6) is -1.18. The van der Waals surface area contributed by atoms with Crippen molar-refractivity contribution in [3.05, 3.63) is 94.3 Å². The number of hydrogen-bond acceptors (Lipinski definition) is 6. The van der Waals surface area contributed by atoms with E-state index in [9.17, 15) is 23.9 Å². The van der Waals surface area contributed by atoms with Crippen molar-refractivity contribution in [3.63, 3.8) is 0 Å². The molecule has 3 amide bonds. The van der Waals surface area contributed by atoms with Crippen LogP contribution >= 0.6 is 0 Å². The van der Waals surface area contributed by atoms with Crippen LogP contribution in [0.3, 0.4) is 0 Å². The molecule has 1 unspecified atom stereocenters.